The fraction of sp³-hybridized carbons (Fsp3) is 0.733. The summed E-state index contributed by atoms with van der Waals surface area (Å²) in [7, 11) is 0. The van der Waals surface area contributed by atoms with Crippen LogP contribution in [0, 0.1) is 10.8 Å². The Morgan fingerprint density at radius 3 is 0.870 bits per heavy atom. The Kier molecular flexibility index (Phi) is 21.1. The van der Waals surface area contributed by atoms with E-state index >= 15 is 0 Å². The number of carbonyl (C=O) groups excluding carboxylic acids is 2. The van der Waals surface area contributed by atoms with Crippen LogP contribution < -0.4 is 10.2 Å². The maximum Gasteiger partial charge on any atom is 0.308 e. The monoisotopic (exact) mass is 342 g/mol. The third kappa shape index (κ3) is 65.1. The summed E-state index contributed by atoms with van der Waals surface area (Å²) >= 11 is 0. The van der Waals surface area contributed by atoms with Crippen molar-refractivity contribution in [1.82, 2.24) is 0 Å². The maximum atomic E-state index is 10.0. The van der Waals surface area contributed by atoms with Crippen LogP contribution in [0.5, 0.6) is 0 Å². The van der Waals surface area contributed by atoms with Gasteiger partial charge in [-0.2, -0.15) is 0 Å². The molecular formula is C15H34O8-2. The molecule has 0 aliphatic rings. The number of hydrogen-bond donors (Lipinski definition) is 2. The molecule has 8 nitrogen and oxygen atoms in total. The number of carboxylic acid groups (broad SMARTS) is 4. The average molecular weight is 342 g/mol. The van der Waals surface area contributed by atoms with E-state index in [-0.39, 0.29) is 10.3 Å². The lowest BCUT2D eigenvalue weighted by Gasteiger charge is -2.18. The summed E-state index contributed by atoms with van der Waals surface area (Å²) < 4.78 is 0. The summed E-state index contributed by atoms with van der Waals surface area (Å²) in [4.78, 5) is 37.8. The van der Waals surface area contributed by atoms with Gasteiger partial charge in [0.05, 0.1) is 5.41 Å². The largest absolute Gasteiger partial charge is 0.550 e. The molecule has 0 unspecified atom stereocenters. The minimum atomic E-state index is -1.08. The second-order valence-corrected chi connectivity index (χ2v) is 6.10. The van der Waals surface area contributed by atoms with Gasteiger partial charge in [0, 0.05) is 27.1 Å². The standard InChI is InChI=1S/2C5H10O2.2C2H4O2.CH4.2H2/c2*1-5(2,3)4(6)7;2*1-2(3)4;;;/h2*1-3H3,(H,6,7);2*1H3,(H,3,4);1H4;2*1H/p-2. The first-order chi connectivity index (χ1) is 9.35. The Labute approximate surface area is 141 Å². The first-order valence-corrected chi connectivity index (χ1v) is 6.17. The highest BCUT2D eigenvalue weighted by molar-refractivity contribution is 5.72. The molecule has 0 bridgehead atoms. The van der Waals surface area contributed by atoms with Crippen molar-refractivity contribution in [2.75, 3.05) is 0 Å². The average Bonchev–Trinajstić information content (AvgIpc) is 2.12. The number of carboxylic acids is 4. The summed E-state index contributed by atoms with van der Waals surface area (Å²) in [5.41, 5.74) is -1.28. The third-order valence-corrected chi connectivity index (χ3v) is 1.25. The molecule has 0 saturated carbocycles. The quantitative estimate of drug-likeness (QED) is 0.657. The lowest BCUT2D eigenvalue weighted by Crippen LogP contribution is -2.35. The van der Waals surface area contributed by atoms with Gasteiger partial charge in [0.2, 0.25) is 0 Å². The van der Waals surface area contributed by atoms with E-state index in [0.29, 0.717) is 0 Å². The van der Waals surface area contributed by atoms with Crippen LogP contribution in [0.25, 0.3) is 0 Å². The Bertz CT molecular complexity index is 325. The zero-order valence-corrected chi connectivity index (χ0v) is 14.3. The lowest BCUT2D eigenvalue weighted by molar-refractivity contribution is -0.316. The highest BCUT2D eigenvalue weighted by Crippen LogP contribution is 2.11. The van der Waals surface area contributed by atoms with Gasteiger partial charge in [-0.05, 0) is 27.7 Å². The number of aliphatic carboxylic acids is 4. The molecule has 8 heteroatoms. The highest BCUT2D eigenvalue weighted by atomic mass is 16.4. The van der Waals surface area contributed by atoms with Crippen LogP contribution in [0.4, 0.5) is 0 Å². The number of carbonyl (C=O) groups is 4. The Hall–Kier alpha value is -2.12. The number of hydrogen-bond acceptors (Lipinski definition) is 6. The van der Waals surface area contributed by atoms with Crippen LogP contribution in [0.1, 0.15) is 65.7 Å². The van der Waals surface area contributed by atoms with Gasteiger partial charge in [-0.15, -0.1) is 0 Å². The van der Waals surface area contributed by atoms with Crippen LogP contribution in [0.3, 0.4) is 0 Å². The van der Waals surface area contributed by atoms with Crippen molar-refractivity contribution in [1.29, 1.82) is 0 Å². The molecule has 0 fully saturated rings. The fourth-order valence-corrected chi connectivity index (χ4v) is 0. The zero-order valence-electron chi connectivity index (χ0n) is 14.3. The molecule has 0 aliphatic heterocycles. The molecule has 2 N–H and O–H groups in total. The minimum Gasteiger partial charge on any atom is -0.550 e. The second-order valence-electron chi connectivity index (χ2n) is 6.10. The van der Waals surface area contributed by atoms with Crippen molar-refractivity contribution in [2.45, 2.75) is 62.8 Å². The van der Waals surface area contributed by atoms with Crippen molar-refractivity contribution in [3.63, 3.8) is 0 Å². The molecule has 0 aromatic rings. The molecule has 0 aromatic carbocycles. The molecule has 0 atom stereocenters. The molecule has 0 radical (unpaired) electrons. The second kappa shape index (κ2) is 14.8. The normalized spacial score (nSPS) is 9.04. The van der Waals surface area contributed by atoms with E-state index in [2.05, 4.69) is 0 Å². The van der Waals surface area contributed by atoms with Gasteiger partial charge in [0.15, 0.2) is 0 Å². The number of rotatable bonds is 0. The summed E-state index contributed by atoms with van der Waals surface area (Å²) in [6, 6.07) is 0. The molecule has 0 heterocycles. The van der Waals surface area contributed by atoms with E-state index in [1.807, 2.05) is 0 Å². The van der Waals surface area contributed by atoms with Crippen molar-refractivity contribution in [2.24, 2.45) is 10.8 Å². The van der Waals surface area contributed by atoms with Gasteiger partial charge in [-0.1, -0.05) is 28.2 Å². The van der Waals surface area contributed by atoms with Gasteiger partial charge >= 0.3 is 5.97 Å². The topological polar surface area (TPSA) is 155 Å². The van der Waals surface area contributed by atoms with E-state index in [0.717, 1.165) is 13.8 Å². The maximum absolute atomic E-state index is 10.0. The summed E-state index contributed by atoms with van der Waals surface area (Å²) in [5.74, 6) is -3.68. The minimum absolute atomic E-state index is 0. The Morgan fingerprint density at radius 1 is 0.783 bits per heavy atom. The van der Waals surface area contributed by atoms with Gasteiger partial charge in [0.1, 0.15) is 0 Å². The van der Waals surface area contributed by atoms with Crippen LogP contribution in [0.2, 0.25) is 0 Å². The zero-order chi connectivity index (χ0) is 19.3. The Balaban J connectivity index is -0.0000000343. The summed E-state index contributed by atoms with van der Waals surface area (Å²) in [6.07, 6.45) is 0. The molecule has 144 valence electrons. The molecule has 0 amide bonds. The van der Waals surface area contributed by atoms with Crippen molar-refractivity contribution in [3.8, 4) is 0 Å². The predicted molar refractivity (Wildman–Crippen MR) is 86.5 cm³/mol. The smallest absolute Gasteiger partial charge is 0.308 e. The Morgan fingerprint density at radius 2 is 0.870 bits per heavy atom. The summed E-state index contributed by atoms with van der Waals surface area (Å²) in [5, 5.41) is 34.5. The molecule has 23 heavy (non-hydrogen) atoms. The van der Waals surface area contributed by atoms with Crippen LogP contribution in [-0.4, -0.2) is 34.1 Å². The van der Waals surface area contributed by atoms with E-state index < -0.39 is 34.7 Å². The molecular weight excluding hydrogens is 308 g/mol. The lowest BCUT2D eigenvalue weighted by atomic mass is 9.98. The van der Waals surface area contributed by atoms with E-state index in [1.54, 1.807) is 41.5 Å². The van der Waals surface area contributed by atoms with E-state index in [4.69, 9.17) is 24.9 Å². The van der Waals surface area contributed by atoms with Gasteiger partial charge < -0.3 is 30.0 Å². The van der Waals surface area contributed by atoms with Crippen LogP contribution in [-0.2, 0) is 19.2 Å². The molecule has 0 saturated heterocycles. The molecule has 0 aliphatic carbocycles. The van der Waals surface area contributed by atoms with Gasteiger partial charge in [-0.3, -0.25) is 9.59 Å². The molecule has 0 spiro atoms. The summed E-state index contributed by atoms with van der Waals surface area (Å²) in [6.45, 7) is 11.8. The third-order valence-electron chi connectivity index (χ3n) is 1.25. The first kappa shape index (κ1) is 32.7. The van der Waals surface area contributed by atoms with E-state index in [9.17, 15) is 14.7 Å². The van der Waals surface area contributed by atoms with Crippen molar-refractivity contribution >= 4 is 23.9 Å². The van der Waals surface area contributed by atoms with Crippen LogP contribution in [0.15, 0.2) is 0 Å². The van der Waals surface area contributed by atoms with E-state index in [1.165, 1.54) is 0 Å². The van der Waals surface area contributed by atoms with Crippen molar-refractivity contribution < 1.29 is 42.5 Å². The molecule has 0 aromatic heterocycles. The van der Waals surface area contributed by atoms with Crippen LogP contribution >= 0.6 is 0 Å². The first-order valence-electron chi connectivity index (χ1n) is 6.17. The molecule has 0 rings (SSSR count). The SMILES string of the molecule is C.CC(=O)O.CC(=O)[O-].CC(C)(C)C(=O)O.CC(C)(C)C(=O)[O-].[HH].[HH]. The fourth-order valence-electron chi connectivity index (χ4n) is 0. The highest BCUT2D eigenvalue weighted by Gasteiger charge is 2.18. The van der Waals surface area contributed by atoms with Crippen molar-refractivity contribution in [3.05, 3.63) is 0 Å². The van der Waals surface area contributed by atoms with Gasteiger partial charge in [-0.25, -0.2) is 0 Å². The van der Waals surface area contributed by atoms with Gasteiger partial charge in [0.25, 0.3) is 5.97 Å². The predicted octanol–water partition coefficient (Wildman–Crippen LogP) is 0.875.